The van der Waals surface area contributed by atoms with E-state index in [4.69, 9.17) is 4.74 Å². The zero-order valence-electron chi connectivity index (χ0n) is 9.51. The molecule has 0 aromatic heterocycles. The van der Waals surface area contributed by atoms with Crippen molar-refractivity contribution in [3.8, 4) is 0 Å². The first-order chi connectivity index (χ1) is 6.74. The zero-order valence-corrected chi connectivity index (χ0v) is 9.51. The zero-order chi connectivity index (χ0) is 10.0. The van der Waals surface area contributed by atoms with E-state index in [-0.39, 0.29) is 0 Å². The maximum atomic E-state index is 5.74. The van der Waals surface area contributed by atoms with Gasteiger partial charge in [0.1, 0.15) is 0 Å². The lowest BCUT2D eigenvalue weighted by molar-refractivity contribution is -0.0232. The van der Waals surface area contributed by atoms with Crippen molar-refractivity contribution in [1.82, 2.24) is 5.32 Å². The smallest absolute Gasteiger partial charge is 0.0649 e. The van der Waals surface area contributed by atoms with E-state index in [1.165, 1.54) is 32.1 Å². The predicted octanol–water partition coefficient (Wildman–Crippen LogP) is 2.33. The second-order valence-electron chi connectivity index (χ2n) is 5.23. The fourth-order valence-electron chi connectivity index (χ4n) is 2.74. The summed E-state index contributed by atoms with van der Waals surface area (Å²) in [5, 5.41) is 3.81. The molecule has 0 bridgehead atoms. The van der Waals surface area contributed by atoms with E-state index in [1.54, 1.807) is 0 Å². The minimum absolute atomic E-state index is 0.339. The van der Waals surface area contributed by atoms with Gasteiger partial charge in [0.25, 0.3) is 0 Å². The molecule has 2 nitrogen and oxygen atoms in total. The summed E-state index contributed by atoms with van der Waals surface area (Å²) in [4.78, 5) is 0. The van der Waals surface area contributed by atoms with Crippen LogP contribution in [-0.4, -0.2) is 24.8 Å². The van der Waals surface area contributed by atoms with Crippen molar-refractivity contribution in [2.24, 2.45) is 5.92 Å². The van der Waals surface area contributed by atoms with Crippen LogP contribution in [0.4, 0.5) is 0 Å². The molecule has 1 aliphatic heterocycles. The van der Waals surface area contributed by atoms with Crippen molar-refractivity contribution in [2.75, 3.05) is 13.2 Å². The van der Waals surface area contributed by atoms with Crippen LogP contribution in [0.5, 0.6) is 0 Å². The summed E-state index contributed by atoms with van der Waals surface area (Å²) in [5.41, 5.74) is 0.339. The van der Waals surface area contributed by atoms with Crippen molar-refractivity contribution in [1.29, 1.82) is 0 Å². The van der Waals surface area contributed by atoms with Crippen molar-refractivity contribution in [3.63, 3.8) is 0 Å². The molecule has 1 saturated heterocycles. The standard InChI is InChI=1S/C12H23NO/c1-3-11-8-14-9-12(13-11)6-4-10(2)5-7-12/h10-11,13H,3-9H2,1-2H3. The Morgan fingerprint density at radius 2 is 2.07 bits per heavy atom. The van der Waals surface area contributed by atoms with Gasteiger partial charge in [0.2, 0.25) is 0 Å². The van der Waals surface area contributed by atoms with Gasteiger partial charge in [0, 0.05) is 11.6 Å². The number of hydrogen-bond acceptors (Lipinski definition) is 2. The Kier molecular flexibility index (Phi) is 3.13. The van der Waals surface area contributed by atoms with Gasteiger partial charge < -0.3 is 10.1 Å². The van der Waals surface area contributed by atoms with Crippen LogP contribution in [0.25, 0.3) is 0 Å². The number of morpholine rings is 1. The molecule has 2 rings (SSSR count). The number of nitrogens with one attached hydrogen (secondary N) is 1. The molecule has 1 aliphatic carbocycles. The van der Waals surface area contributed by atoms with Crippen LogP contribution in [0.1, 0.15) is 46.0 Å². The average Bonchev–Trinajstić information content (AvgIpc) is 2.23. The lowest BCUT2D eigenvalue weighted by Gasteiger charge is -2.45. The quantitative estimate of drug-likeness (QED) is 0.696. The largest absolute Gasteiger partial charge is 0.378 e. The predicted molar refractivity (Wildman–Crippen MR) is 58.4 cm³/mol. The number of ether oxygens (including phenoxy) is 1. The van der Waals surface area contributed by atoms with Gasteiger partial charge >= 0.3 is 0 Å². The van der Waals surface area contributed by atoms with Crippen LogP contribution >= 0.6 is 0 Å². The Bertz CT molecular complexity index is 185. The van der Waals surface area contributed by atoms with Crippen LogP contribution in [0.2, 0.25) is 0 Å². The lowest BCUT2D eigenvalue weighted by atomic mass is 9.76. The third-order valence-corrected chi connectivity index (χ3v) is 3.93. The third-order valence-electron chi connectivity index (χ3n) is 3.93. The summed E-state index contributed by atoms with van der Waals surface area (Å²) in [6.07, 6.45) is 6.55. The highest BCUT2D eigenvalue weighted by Crippen LogP contribution is 2.34. The summed E-state index contributed by atoms with van der Waals surface area (Å²) in [6, 6.07) is 0.595. The minimum Gasteiger partial charge on any atom is -0.378 e. The van der Waals surface area contributed by atoms with Crippen LogP contribution < -0.4 is 5.32 Å². The summed E-state index contributed by atoms with van der Waals surface area (Å²) in [6.45, 7) is 6.46. The molecule has 2 aliphatic rings. The molecule has 14 heavy (non-hydrogen) atoms. The average molecular weight is 197 g/mol. The van der Waals surface area contributed by atoms with Crippen molar-refractivity contribution >= 4 is 0 Å². The monoisotopic (exact) mass is 197 g/mol. The van der Waals surface area contributed by atoms with E-state index in [0.29, 0.717) is 11.6 Å². The molecule has 0 amide bonds. The molecule has 1 atom stereocenters. The number of rotatable bonds is 1. The molecule has 2 fully saturated rings. The second kappa shape index (κ2) is 4.19. The highest BCUT2D eigenvalue weighted by atomic mass is 16.5. The van der Waals surface area contributed by atoms with Gasteiger partial charge in [-0.2, -0.15) is 0 Å². The van der Waals surface area contributed by atoms with E-state index >= 15 is 0 Å². The summed E-state index contributed by atoms with van der Waals surface area (Å²) in [7, 11) is 0. The Hall–Kier alpha value is -0.0800. The molecule has 0 radical (unpaired) electrons. The van der Waals surface area contributed by atoms with Crippen LogP contribution in [0, 0.1) is 5.92 Å². The molecule has 1 N–H and O–H groups in total. The molecule has 2 heteroatoms. The molecule has 1 spiro atoms. The van der Waals surface area contributed by atoms with E-state index in [2.05, 4.69) is 19.2 Å². The van der Waals surface area contributed by atoms with E-state index < -0.39 is 0 Å². The van der Waals surface area contributed by atoms with Crippen LogP contribution in [-0.2, 0) is 4.74 Å². The third kappa shape index (κ3) is 2.12. The van der Waals surface area contributed by atoms with Gasteiger partial charge in [-0.05, 0) is 38.0 Å². The minimum atomic E-state index is 0.339. The molecule has 1 unspecified atom stereocenters. The summed E-state index contributed by atoms with van der Waals surface area (Å²) < 4.78 is 5.74. The first-order valence-corrected chi connectivity index (χ1v) is 6.09. The Labute approximate surface area is 87.4 Å². The fourth-order valence-corrected chi connectivity index (χ4v) is 2.74. The highest BCUT2D eigenvalue weighted by molar-refractivity contribution is 4.96. The molecule has 1 heterocycles. The fraction of sp³-hybridized carbons (Fsp3) is 1.00. The van der Waals surface area contributed by atoms with Gasteiger partial charge in [0.15, 0.2) is 0 Å². The Balaban J connectivity index is 1.94. The van der Waals surface area contributed by atoms with E-state index in [0.717, 1.165) is 19.1 Å². The Morgan fingerprint density at radius 1 is 1.36 bits per heavy atom. The van der Waals surface area contributed by atoms with Gasteiger partial charge in [0.05, 0.1) is 13.2 Å². The van der Waals surface area contributed by atoms with Crippen molar-refractivity contribution in [3.05, 3.63) is 0 Å². The van der Waals surface area contributed by atoms with Crippen molar-refractivity contribution < 1.29 is 4.74 Å². The normalized spacial score (nSPS) is 44.1. The highest BCUT2D eigenvalue weighted by Gasteiger charge is 2.38. The molecular weight excluding hydrogens is 174 g/mol. The first kappa shape index (κ1) is 10.4. The first-order valence-electron chi connectivity index (χ1n) is 6.09. The topological polar surface area (TPSA) is 21.3 Å². The summed E-state index contributed by atoms with van der Waals surface area (Å²) in [5.74, 6) is 0.921. The SMILES string of the molecule is CCC1COCC2(CCC(C)CC2)N1. The van der Waals surface area contributed by atoms with Gasteiger partial charge in [-0.3, -0.25) is 0 Å². The van der Waals surface area contributed by atoms with Gasteiger partial charge in [-0.25, -0.2) is 0 Å². The summed E-state index contributed by atoms with van der Waals surface area (Å²) >= 11 is 0. The van der Waals surface area contributed by atoms with E-state index in [1.807, 2.05) is 0 Å². The van der Waals surface area contributed by atoms with Gasteiger partial charge in [-0.15, -0.1) is 0 Å². The molecular formula is C12H23NO. The molecule has 0 aromatic rings. The maximum Gasteiger partial charge on any atom is 0.0649 e. The number of hydrogen-bond donors (Lipinski definition) is 1. The Morgan fingerprint density at radius 3 is 2.71 bits per heavy atom. The van der Waals surface area contributed by atoms with Crippen LogP contribution in [0.3, 0.4) is 0 Å². The lowest BCUT2D eigenvalue weighted by Crippen LogP contribution is -2.60. The van der Waals surface area contributed by atoms with E-state index in [9.17, 15) is 0 Å². The molecule has 0 aromatic carbocycles. The van der Waals surface area contributed by atoms with Gasteiger partial charge in [-0.1, -0.05) is 13.8 Å². The van der Waals surface area contributed by atoms with Crippen molar-refractivity contribution in [2.45, 2.75) is 57.5 Å². The second-order valence-corrected chi connectivity index (χ2v) is 5.23. The molecule has 82 valence electrons. The maximum absolute atomic E-state index is 5.74. The molecule has 1 saturated carbocycles. The van der Waals surface area contributed by atoms with Crippen LogP contribution in [0.15, 0.2) is 0 Å².